The van der Waals surface area contributed by atoms with Gasteiger partial charge in [0.15, 0.2) is 0 Å². The standard InChI is InChI=1S/C13H13IN4S/c1-7(2)11-10(14)12(15)18(17-11)13-16-8-5-3-4-6-9(8)19-13/h3-7H,15H2,1-2H3. The van der Waals surface area contributed by atoms with Gasteiger partial charge in [-0.1, -0.05) is 37.3 Å². The van der Waals surface area contributed by atoms with Gasteiger partial charge < -0.3 is 5.73 Å². The lowest BCUT2D eigenvalue weighted by molar-refractivity contribution is 0.767. The first-order valence-corrected chi connectivity index (χ1v) is 7.87. The Bertz CT molecular complexity index is 711. The van der Waals surface area contributed by atoms with E-state index in [9.17, 15) is 0 Å². The van der Waals surface area contributed by atoms with Gasteiger partial charge >= 0.3 is 0 Å². The summed E-state index contributed by atoms with van der Waals surface area (Å²) in [6.07, 6.45) is 0. The van der Waals surface area contributed by atoms with Gasteiger partial charge in [-0.05, 0) is 40.6 Å². The Hall–Kier alpha value is -1.15. The van der Waals surface area contributed by atoms with Gasteiger partial charge in [-0.25, -0.2) is 4.98 Å². The first kappa shape index (κ1) is 12.9. The number of anilines is 1. The maximum absolute atomic E-state index is 6.15. The summed E-state index contributed by atoms with van der Waals surface area (Å²) < 4.78 is 3.92. The highest BCUT2D eigenvalue weighted by Gasteiger charge is 2.18. The molecule has 0 unspecified atom stereocenters. The summed E-state index contributed by atoms with van der Waals surface area (Å²) in [6.45, 7) is 4.24. The van der Waals surface area contributed by atoms with Crippen molar-refractivity contribution >= 4 is 50.0 Å². The number of halogens is 1. The van der Waals surface area contributed by atoms with Crippen LogP contribution in [0.25, 0.3) is 15.3 Å². The highest BCUT2D eigenvalue weighted by atomic mass is 127. The van der Waals surface area contributed by atoms with Gasteiger partial charge in [-0.2, -0.15) is 9.78 Å². The summed E-state index contributed by atoms with van der Waals surface area (Å²) >= 11 is 3.86. The molecule has 0 aliphatic carbocycles. The summed E-state index contributed by atoms with van der Waals surface area (Å²) in [4.78, 5) is 4.59. The van der Waals surface area contributed by atoms with Gasteiger partial charge in [0.25, 0.3) is 0 Å². The van der Waals surface area contributed by atoms with Crippen molar-refractivity contribution in [2.24, 2.45) is 0 Å². The third-order valence-electron chi connectivity index (χ3n) is 2.90. The summed E-state index contributed by atoms with van der Waals surface area (Å²) in [7, 11) is 0. The van der Waals surface area contributed by atoms with E-state index in [4.69, 9.17) is 5.73 Å². The van der Waals surface area contributed by atoms with Crippen molar-refractivity contribution in [3.05, 3.63) is 33.5 Å². The zero-order valence-electron chi connectivity index (χ0n) is 10.6. The lowest BCUT2D eigenvalue weighted by atomic mass is 10.1. The smallest absolute Gasteiger partial charge is 0.213 e. The molecular weight excluding hydrogens is 371 g/mol. The van der Waals surface area contributed by atoms with E-state index in [0.717, 1.165) is 24.6 Å². The molecule has 6 heteroatoms. The minimum Gasteiger partial charge on any atom is -0.383 e. The molecule has 0 spiro atoms. The van der Waals surface area contributed by atoms with E-state index >= 15 is 0 Å². The molecule has 98 valence electrons. The molecular formula is C13H13IN4S. The molecule has 2 aromatic heterocycles. The Labute approximate surface area is 128 Å². The number of nitrogen functional groups attached to an aromatic ring is 1. The van der Waals surface area contributed by atoms with Crippen molar-refractivity contribution < 1.29 is 0 Å². The van der Waals surface area contributed by atoms with E-state index < -0.39 is 0 Å². The van der Waals surface area contributed by atoms with Crippen LogP contribution in [0.4, 0.5) is 5.82 Å². The highest BCUT2D eigenvalue weighted by molar-refractivity contribution is 14.1. The van der Waals surface area contributed by atoms with Crippen molar-refractivity contribution in [3.63, 3.8) is 0 Å². The molecule has 0 fully saturated rings. The van der Waals surface area contributed by atoms with Crippen molar-refractivity contribution in [2.75, 3.05) is 5.73 Å². The van der Waals surface area contributed by atoms with Crippen molar-refractivity contribution in [1.82, 2.24) is 14.8 Å². The molecule has 0 radical (unpaired) electrons. The number of nitrogens with two attached hydrogens (primary N) is 1. The van der Waals surface area contributed by atoms with Crippen molar-refractivity contribution in [1.29, 1.82) is 0 Å². The molecule has 0 bridgehead atoms. The molecule has 4 nitrogen and oxygen atoms in total. The van der Waals surface area contributed by atoms with E-state index in [1.807, 2.05) is 18.2 Å². The highest BCUT2D eigenvalue weighted by Crippen LogP contribution is 2.31. The first-order chi connectivity index (χ1) is 9.08. The average molecular weight is 384 g/mol. The lowest BCUT2D eigenvalue weighted by Crippen LogP contribution is -2.01. The number of benzene rings is 1. The van der Waals surface area contributed by atoms with Crippen LogP contribution in [0, 0.1) is 3.57 Å². The van der Waals surface area contributed by atoms with Gasteiger partial charge in [0, 0.05) is 0 Å². The number of fused-ring (bicyclic) bond motifs is 1. The summed E-state index contributed by atoms with van der Waals surface area (Å²) in [5, 5.41) is 5.43. The van der Waals surface area contributed by atoms with Crippen LogP contribution < -0.4 is 5.73 Å². The molecule has 0 aliphatic rings. The number of para-hydroxylation sites is 1. The minimum absolute atomic E-state index is 0.352. The number of nitrogens with zero attached hydrogens (tertiary/aromatic N) is 3. The Balaban J connectivity index is 2.18. The van der Waals surface area contributed by atoms with Crippen LogP contribution in [0.15, 0.2) is 24.3 Å². The van der Waals surface area contributed by atoms with Gasteiger partial charge in [0.1, 0.15) is 5.82 Å². The topological polar surface area (TPSA) is 56.7 Å². The van der Waals surface area contributed by atoms with Gasteiger partial charge in [0.05, 0.1) is 19.5 Å². The van der Waals surface area contributed by atoms with Crippen LogP contribution >= 0.6 is 33.9 Å². The van der Waals surface area contributed by atoms with Crippen LogP contribution in [0.2, 0.25) is 0 Å². The maximum atomic E-state index is 6.15. The molecule has 1 aromatic carbocycles. The quantitative estimate of drug-likeness (QED) is 0.684. The van der Waals surface area contributed by atoms with E-state index in [0.29, 0.717) is 11.7 Å². The molecule has 2 N–H and O–H groups in total. The molecule has 0 atom stereocenters. The molecule has 0 amide bonds. The Morgan fingerprint density at radius 3 is 2.68 bits per heavy atom. The zero-order chi connectivity index (χ0) is 13.6. The molecule has 0 saturated heterocycles. The van der Waals surface area contributed by atoms with Crippen LogP contribution in [-0.2, 0) is 0 Å². The molecule has 3 aromatic rings. The second-order valence-corrected chi connectivity index (χ2v) is 6.70. The fourth-order valence-electron chi connectivity index (χ4n) is 1.90. The summed E-state index contributed by atoms with van der Waals surface area (Å²) in [5.74, 6) is 1.02. The van der Waals surface area contributed by atoms with E-state index in [1.165, 1.54) is 0 Å². The van der Waals surface area contributed by atoms with Crippen molar-refractivity contribution in [2.45, 2.75) is 19.8 Å². The third-order valence-corrected chi connectivity index (χ3v) is 5.01. The second kappa shape index (κ2) is 4.75. The SMILES string of the molecule is CC(C)c1nn(-c2nc3ccccc3s2)c(N)c1I. The summed E-state index contributed by atoms with van der Waals surface area (Å²) in [6, 6.07) is 8.06. The number of aromatic nitrogens is 3. The minimum atomic E-state index is 0.352. The predicted octanol–water partition coefficient (Wildman–Crippen LogP) is 3.79. The third kappa shape index (κ3) is 2.12. The fourth-order valence-corrected chi connectivity index (χ4v) is 3.79. The number of hydrogen-bond donors (Lipinski definition) is 1. The molecule has 0 saturated carbocycles. The molecule has 3 rings (SSSR count). The predicted molar refractivity (Wildman–Crippen MR) is 88.0 cm³/mol. The fraction of sp³-hybridized carbons (Fsp3) is 0.231. The van der Waals surface area contributed by atoms with E-state index in [2.05, 4.69) is 52.6 Å². The number of thiazole rings is 1. The maximum Gasteiger partial charge on any atom is 0.213 e. The van der Waals surface area contributed by atoms with E-state index in [1.54, 1.807) is 16.0 Å². The first-order valence-electron chi connectivity index (χ1n) is 5.97. The zero-order valence-corrected chi connectivity index (χ0v) is 13.6. The van der Waals surface area contributed by atoms with Gasteiger partial charge in [0.2, 0.25) is 5.13 Å². The molecule has 19 heavy (non-hydrogen) atoms. The van der Waals surface area contributed by atoms with Crippen LogP contribution in [0.5, 0.6) is 0 Å². The largest absolute Gasteiger partial charge is 0.383 e. The number of rotatable bonds is 2. The Kier molecular flexibility index (Phi) is 3.22. The molecule has 0 aliphatic heterocycles. The van der Waals surface area contributed by atoms with Crippen LogP contribution in [0.1, 0.15) is 25.5 Å². The lowest BCUT2D eigenvalue weighted by Gasteiger charge is -1.98. The normalized spacial score (nSPS) is 11.6. The van der Waals surface area contributed by atoms with Crippen LogP contribution in [0.3, 0.4) is 0 Å². The van der Waals surface area contributed by atoms with Crippen LogP contribution in [-0.4, -0.2) is 14.8 Å². The second-order valence-electron chi connectivity index (χ2n) is 4.62. The van der Waals surface area contributed by atoms with Gasteiger partial charge in [-0.15, -0.1) is 0 Å². The van der Waals surface area contributed by atoms with Gasteiger partial charge in [-0.3, -0.25) is 0 Å². The summed E-state index contributed by atoms with van der Waals surface area (Å²) in [5.41, 5.74) is 8.16. The Morgan fingerprint density at radius 2 is 2.05 bits per heavy atom. The molecule has 2 heterocycles. The Morgan fingerprint density at radius 1 is 1.32 bits per heavy atom. The average Bonchev–Trinajstić information content (AvgIpc) is 2.92. The number of hydrogen-bond acceptors (Lipinski definition) is 4. The van der Waals surface area contributed by atoms with Crippen molar-refractivity contribution in [3.8, 4) is 5.13 Å². The monoisotopic (exact) mass is 384 g/mol. The van der Waals surface area contributed by atoms with E-state index in [-0.39, 0.29) is 0 Å².